The Morgan fingerprint density at radius 1 is 1.44 bits per heavy atom. The number of amides is 1. The number of carbonyl (C=O) groups is 1. The molecule has 18 heavy (non-hydrogen) atoms. The van der Waals surface area contributed by atoms with E-state index in [-0.39, 0.29) is 0 Å². The quantitative estimate of drug-likeness (QED) is 0.888. The molecule has 0 aromatic carbocycles. The summed E-state index contributed by atoms with van der Waals surface area (Å²) in [6.45, 7) is 8.23. The molecule has 1 amide bonds. The maximum absolute atomic E-state index is 11.6. The van der Waals surface area contributed by atoms with Crippen LogP contribution in [0.5, 0.6) is 0 Å². The largest absolute Gasteiger partial charge is 0.341 e. The first kappa shape index (κ1) is 13.6. The molecule has 1 N–H and O–H groups in total. The lowest BCUT2D eigenvalue weighted by Gasteiger charge is -2.24. The molecule has 100 valence electrons. The number of hydrogen-bond donors (Lipinski definition) is 1. The molecule has 2 heterocycles. The van der Waals surface area contributed by atoms with Crippen molar-refractivity contribution in [2.45, 2.75) is 45.7 Å². The molecule has 1 aromatic rings. The van der Waals surface area contributed by atoms with Gasteiger partial charge < -0.3 is 10.2 Å². The molecule has 0 bridgehead atoms. The zero-order valence-electron chi connectivity index (χ0n) is 11.4. The van der Waals surface area contributed by atoms with Gasteiger partial charge in [-0.05, 0) is 39.3 Å². The number of thiophene rings is 1. The van der Waals surface area contributed by atoms with Crippen LogP contribution in [0.3, 0.4) is 0 Å². The van der Waals surface area contributed by atoms with Crippen LogP contribution in [0.4, 0.5) is 0 Å². The molecule has 1 fully saturated rings. The van der Waals surface area contributed by atoms with Crippen LogP contribution in [0.1, 0.15) is 42.5 Å². The highest BCUT2D eigenvalue weighted by Gasteiger charge is 2.22. The maximum atomic E-state index is 11.6. The third kappa shape index (κ3) is 3.33. The highest BCUT2D eigenvalue weighted by atomic mass is 32.1. The summed E-state index contributed by atoms with van der Waals surface area (Å²) >= 11 is 1.84. The van der Waals surface area contributed by atoms with Gasteiger partial charge in [0.05, 0.1) is 0 Å². The second kappa shape index (κ2) is 5.85. The summed E-state index contributed by atoms with van der Waals surface area (Å²) in [6, 6.07) is 5.04. The van der Waals surface area contributed by atoms with Crippen LogP contribution in [0.25, 0.3) is 0 Å². The lowest BCUT2D eigenvalue weighted by molar-refractivity contribution is -0.127. The SMILES string of the molecule is Cc1ccc(C(C)NC(C)CN2CCCC2=O)s1. The van der Waals surface area contributed by atoms with Crippen molar-refractivity contribution in [1.82, 2.24) is 10.2 Å². The van der Waals surface area contributed by atoms with Crippen molar-refractivity contribution in [2.75, 3.05) is 13.1 Å². The van der Waals surface area contributed by atoms with Gasteiger partial charge >= 0.3 is 0 Å². The third-order valence-corrected chi connectivity index (χ3v) is 4.57. The van der Waals surface area contributed by atoms with Crippen molar-refractivity contribution in [1.29, 1.82) is 0 Å². The van der Waals surface area contributed by atoms with E-state index in [9.17, 15) is 4.79 Å². The molecule has 2 unspecified atom stereocenters. The van der Waals surface area contributed by atoms with Crippen LogP contribution >= 0.6 is 11.3 Å². The first-order valence-electron chi connectivity index (χ1n) is 6.66. The fourth-order valence-electron chi connectivity index (χ4n) is 2.48. The van der Waals surface area contributed by atoms with E-state index in [1.165, 1.54) is 9.75 Å². The van der Waals surface area contributed by atoms with Crippen molar-refractivity contribution < 1.29 is 4.79 Å². The normalized spacial score (nSPS) is 19.3. The van der Waals surface area contributed by atoms with E-state index < -0.39 is 0 Å². The van der Waals surface area contributed by atoms with E-state index in [1.54, 1.807) is 0 Å². The first-order valence-corrected chi connectivity index (χ1v) is 7.48. The fourth-order valence-corrected chi connectivity index (χ4v) is 3.36. The lowest BCUT2D eigenvalue weighted by atomic mass is 10.2. The molecule has 2 rings (SSSR count). The summed E-state index contributed by atoms with van der Waals surface area (Å²) in [7, 11) is 0. The molecule has 2 atom stereocenters. The Balaban J connectivity index is 1.83. The Labute approximate surface area is 113 Å². The minimum Gasteiger partial charge on any atom is -0.341 e. The van der Waals surface area contributed by atoms with Crippen LogP contribution < -0.4 is 5.32 Å². The maximum Gasteiger partial charge on any atom is 0.222 e. The topological polar surface area (TPSA) is 32.3 Å². The van der Waals surface area contributed by atoms with E-state index in [0.717, 1.165) is 25.9 Å². The zero-order valence-corrected chi connectivity index (χ0v) is 12.2. The van der Waals surface area contributed by atoms with E-state index in [2.05, 4.69) is 38.2 Å². The predicted molar refractivity (Wildman–Crippen MR) is 75.9 cm³/mol. The van der Waals surface area contributed by atoms with Gasteiger partial charge in [0.15, 0.2) is 0 Å². The molecule has 4 heteroatoms. The number of nitrogens with zero attached hydrogens (tertiary/aromatic N) is 1. The Morgan fingerprint density at radius 2 is 2.22 bits per heavy atom. The van der Waals surface area contributed by atoms with Crippen LogP contribution in [0, 0.1) is 6.92 Å². The van der Waals surface area contributed by atoms with Gasteiger partial charge in [0.2, 0.25) is 5.91 Å². The molecule has 1 aliphatic rings. The summed E-state index contributed by atoms with van der Waals surface area (Å²) in [5, 5.41) is 3.57. The zero-order chi connectivity index (χ0) is 13.1. The number of nitrogens with one attached hydrogen (secondary N) is 1. The van der Waals surface area contributed by atoms with Crippen LogP contribution in [-0.4, -0.2) is 29.9 Å². The summed E-state index contributed by atoms with van der Waals surface area (Å²) in [4.78, 5) is 16.3. The predicted octanol–water partition coefficient (Wildman–Crippen LogP) is 2.72. The number of aryl methyl sites for hydroxylation is 1. The van der Waals surface area contributed by atoms with Gasteiger partial charge in [-0.1, -0.05) is 0 Å². The molecule has 0 aliphatic carbocycles. The van der Waals surface area contributed by atoms with Gasteiger partial charge in [0.1, 0.15) is 0 Å². The molecule has 3 nitrogen and oxygen atoms in total. The third-order valence-electron chi connectivity index (χ3n) is 3.39. The van der Waals surface area contributed by atoms with Crippen LogP contribution in [-0.2, 0) is 4.79 Å². The van der Waals surface area contributed by atoms with E-state index >= 15 is 0 Å². The molecule has 1 aromatic heterocycles. The van der Waals surface area contributed by atoms with Crippen molar-refractivity contribution in [2.24, 2.45) is 0 Å². The van der Waals surface area contributed by atoms with Gasteiger partial charge in [0.25, 0.3) is 0 Å². The molecule has 1 saturated heterocycles. The highest BCUT2D eigenvalue weighted by molar-refractivity contribution is 7.12. The van der Waals surface area contributed by atoms with E-state index in [1.807, 2.05) is 16.2 Å². The van der Waals surface area contributed by atoms with Gasteiger partial charge in [-0.15, -0.1) is 11.3 Å². The molecule has 0 saturated carbocycles. The van der Waals surface area contributed by atoms with Gasteiger partial charge in [-0.25, -0.2) is 0 Å². The molecular formula is C14H22N2OS. The number of hydrogen-bond acceptors (Lipinski definition) is 3. The van der Waals surface area contributed by atoms with Crippen molar-refractivity contribution in [3.05, 3.63) is 21.9 Å². The minimum absolute atomic E-state index is 0.309. The van der Waals surface area contributed by atoms with Crippen molar-refractivity contribution in [3.8, 4) is 0 Å². The molecule has 1 aliphatic heterocycles. The van der Waals surface area contributed by atoms with E-state index in [0.29, 0.717) is 18.0 Å². The van der Waals surface area contributed by atoms with Crippen LogP contribution in [0.15, 0.2) is 12.1 Å². The Kier molecular flexibility index (Phi) is 4.40. The Morgan fingerprint density at radius 3 is 2.78 bits per heavy atom. The average Bonchev–Trinajstić information content (AvgIpc) is 2.89. The van der Waals surface area contributed by atoms with Gasteiger partial charge in [-0.2, -0.15) is 0 Å². The summed E-state index contributed by atoms with van der Waals surface area (Å²) in [5.41, 5.74) is 0. The Bertz CT molecular complexity index is 416. The number of carbonyl (C=O) groups excluding carboxylic acids is 1. The van der Waals surface area contributed by atoms with Crippen LogP contribution in [0.2, 0.25) is 0 Å². The Hall–Kier alpha value is -0.870. The molecular weight excluding hydrogens is 244 g/mol. The highest BCUT2D eigenvalue weighted by Crippen LogP contribution is 2.22. The molecule has 0 radical (unpaired) electrons. The lowest BCUT2D eigenvalue weighted by Crippen LogP contribution is -2.40. The first-order chi connectivity index (χ1) is 8.56. The fraction of sp³-hybridized carbons (Fsp3) is 0.643. The molecule has 0 spiro atoms. The monoisotopic (exact) mass is 266 g/mol. The second-order valence-corrected chi connectivity index (χ2v) is 6.50. The summed E-state index contributed by atoms with van der Waals surface area (Å²) < 4.78 is 0. The van der Waals surface area contributed by atoms with Crippen molar-refractivity contribution >= 4 is 17.2 Å². The minimum atomic E-state index is 0.309. The summed E-state index contributed by atoms with van der Waals surface area (Å²) in [5.74, 6) is 0.309. The summed E-state index contributed by atoms with van der Waals surface area (Å²) in [6.07, 6.45) is 1.75. The standard InChI is InChI=1S/C14H22N2OS/c1-10(9-16-8-4-5-14(16)17)15-12(3)13-7-6-11(2)18-13/h6-7,10,12,15H,4-5,8-9H2,1-3H3. The van der Waals surface area contributed by atoms with Gasteiger partial charge in [-0.3, -0.25) is 4.79 Å². The average molecular weight is 266 g/mol. The smallest absolute Gasteiger partial charge is 0.222 e. The van der Waals surface area contributed by atoms with Gasteiger partial charge in [0, 0.05) is 41.3 Å². The number of likely N-dealkylation sites (tertiary alicyclic amines) is 1. The second-order valence-electron chi connectivity index (χ2n) is 5.18. The van der Waals surface area contributed by atoms with E-state index in [4.69, 9.17) is 0 Å². The number of rotatable bonds is 5. The van der Waals surface area contributed by atoms with Crippen molar-refractivity contribution in [3.63, 3.8) is 0 Å².